The second-order valence-electron chi connectivity index (χ2n) is 10.8. The van der Waals surface area contributed by atoms with Gasteiger partial charge in [0.25, 0.3) is 0 Å². The fourth-order valence-corrected chi connectivity index (χ4v) is 3.54. The Kier molecular flexibility index (Phi) is 10.1. The maximum atomic E-state index is 13.8. The summed E-state index contributed by atoms with van der Waals surface area (Å²) in [5.74, 6) is -0.888. The predicted molar refractivity (Wildman–Crippen MR) is 133 cm³/mol. The molecule has 1 rings (SSSR count). The van der Waals surface area contributed by atoms with Gasteiger partial charge >= 0.3 is 6.09 Å². The highest BCUT2D eigenvalue weighted by atomic mass is 16.6. The maximum absolute atomic E-state index is 13.8. The van der Waals surface area contributed by atoms with Crippen LogP contribution in [0.5, 0.6) is 0 Å². The Labute approximate surface area is 204 Å². The molecule has 0 bridgehead atoms. The minimum Gasteiger partial charge on any atom is -0.444 e. The SMILES string of the molecule is CCC(C)N(C(=O)C(CO)NC(=O)OC(C)(C)C)C(C(=O)NC(C)(C)C)c1cccc(C)c1C. The number of benzene rings is 1. The van der Waals surface area contributed by atoms with Crippen LogP contribution in [0, 0.1) is 13.8 Å². The third-order valence-electron chi connectivity index (χ3n) is 5.46. The van der Waals surface area contributed by atoms with Crippen molar-refractivity contribution >= 4 is 17.9 Å². The van der Waals surface area contributed by atoms with Gasteiger partial charge in [0.05, 0.1) is 6.61 Å². The van der Waals surface area contributed by atoms with Crippen LogP contribution < -0.4 is 10.6 Å². The molecule has 3 N–H and O–H groups in total. The second kappa shape index (κ2) is 11.7. The first-order valence-electron chi connectivity index (χ1n) is 11.8. The van der Waals surface area contributed by atoms with Crippen LogP contribution in [0.15, 0.2) is 18.2 Å². The molecule has 192 valence electrons. The van der Waals surface area contributed by atoms with Gasteiger partial charge in [0, 0.05) is 11.6 Å². The van der Waals surface area contributed by atoms with E-state index < -0.39 is 41.8 Å². The van der Waals surface area contributed by atoms with E-state index in [1.807, 2.05) is 66.7 Å². The molecule has 1 aromatic rings. The van der Waals surface area contributed by atoms with Crippen molar-refractivity contribution in [1.29, 1.82) is 0 Å². The largest absolute Gasteiger partial charge is 0.444 e. The minimum atomic E-state index is -1.26. The Morgan fingerprint density at radius 2 is 1.68 bits per heavy atom. The summed E-state index contributed by atoms with van der Waals surface area (Å²) in [5.41, 5.74) is 1.30. The normalized spacial score (nSPS) is 14.6. The van der Waals surface area contributed by atoms with E-state index in [4.69, 9.17) is 4.74 Å². The standard InChI is InChI=1S/C26H43N3O5/c1-11-17(3)29(23(32)20(15-30)27-24(33)34-26(8,9)10)21(22(31)28-25(5,6)7)19-14-12-13-16(2)18(19)4/h12-14,17,20-21,30H,11,15H2,1-10H3,(H,27,33)(H,28,31). The number of aryl methyl sites for hydroxylation is 1. The molecule has 1 aromatic carbocycles. The summed E-state index contributed by atoms with van der Waals surface area (Å²) in [4.78, 5) is 41.2. The number of nitrogens with zero attached hydrogens (tertiary/aromatic N) is 1. The summed E-state index contributed by atoms with van der Waals surface area (Å²) in [6.45, 7) is 17.8. The highest BCUT2D eigenvalue weighted by molar-refractivity contribution is 5.93. The molecular weight excluding hydrogens is 434 g/mol. The molecule has 8 nitrogen and oxygen atoms in total. The highest BCUT2D eigenvalue weighted by Crippen LogP contribution is 2.30. The first kappa shape index (κ1) is 29.4. The number of amides is 3. The Bertz CT molecular complexity index is 870. The monoisotopic (exact) mass is 477 g/mol. The molecule has 0 saturated heterocycles. The molecule has 0 spiro atoms. The molecule has 3 atom stereocenters. The van der Waals surface area contributed by atoms with E-state index >= 15 is 0 Å². The number of ether oxygens (including phenoxy) is 1. The van der Waals surface area contributed by atoms with Gasteiger partial charge in [-0.15, -0.1) is 0 Å². The molecule has 0 aliphatic heterocycles. The van der Waals surface area contributed by atoms with Gasteiger partial charge in [-0.2, -0.15) is 0 Å². The fourth-order valence-electron chi connectivity index (χ4n) is 3.54. The molecule has 0 aliphatic carbocycles. The lowest BCUT2D eigenvalue weighted by molar-refractivity contribution is -0.146. The molecule has 0 heterocycles. The maximum Gasteiger partial charge on any atom is 0.408 e. The zero-order valence-electron chi connectivity index (χ0n) is 22.4. The zero-order chi connectivity index (χ0) is 26.4. The smallest absolute Gasteiger partial charge is 0.408 e. The molecule has 3 unspecified atom stereocenters. The number of hydrogen-bond acceptors (Lipinski definition) is 5. The van der Waals surface area contributed by atoms with E-state index in [0.29, 0.717) is 12.0 Å². The minimum absolute atomic E-state index is 0.330. The second-order valence-corrected chi connectivity index (χ2v) is 10.8. The van der Waals surface area contributed by atoms with E-state index in [0.717, 1.165) is 11.1 Å². The third-order valence-corrected chi connectivity index (χ3v) is 5.46. The summed E-state index contributed by atoms with van der Waals surface area (Å²) in [6, 6.07) is 3.09. The van der Waals surface area contributed by atoms with Gasteiger partial charge in [-0.25, -0.2) is 4.79 Å². The van der Waals surface area contributed by atoms with Crippen molar-refractivity contribution in [2.45, 2.75) is 105 Å². The lowest BCUT2D eigenvalue weighted by Crippen LogP contribution is -2.57. The Balaban J connectivity index is 3.56. The molecule has 0 saturated carbocycles. The number of nitrogens with one attached hydrogen (secondary N) is 2. The lowest BCUT2D eigenvalue weighted by Gasteiger charge is -2.39. The van der Waals surface area contributed by atoms with Crippen LogP contribution in [0.3, 0.4) is 0 Å². The molecule has 0 radical (unpaired) electrons. The first-order chi connectivity index (χ1) is 15.5. The Morgan fingerprint density at radius 1 is 1.09 bits per heavy atom. The van der Waals surface area contributed by atoms with Gasteiger partial charge in [-0.1, -0.05) is 25.1 Å². The van der Waals surface area contributed by atoms with Crippen molar-refractivity contribution in [1.82, 2.24) is 15.5 Å². The van der Waals surface area contributed by atoms with Crippen LogP contribution in [-0.4, -0.2) is 57.7 Å². The molecule has 0 fully saturated rings. The predicted octanol–water partition coefficient (Wildman–Crippen LogP) is 3.77. The number of carbonyl (C=O) groups is 3. The molecule has 0 aliphatic rings. The first-order valence-corrected chi connectivity index (χ1v) is 11.8. The quantitative estimate of drug-likeness (QED) is 0.528. The van der Waals surface area contributed by atoms with Gasteiger partial charge in [-0.05, 0) is 85.4 Å². The third kappa shape index (κ3) is 8.31. The molecule has 0 aromatic heterocycles. The summed E-state index contributed by atoms with van der Waals surface area (Å²) >= 11 is 0. The van der Waals surface area contributed by atoms with Gasteiger partial charge in [0.1, 0.15) is 17.7 Å². The van der Waals surface area contributed by atoms with Gasteiger partial charge < -0.3 is 25.4 Å². The van der Waals surface area contributed by atoms with E-state index in [2.05, 4.69) is 10.6 Å². The average molecular weight is 478 g/mol. The molecule has 34 heavy (non-hydrogen) atoms. The van der Waals surface area contributed by atoms with Crippen molar-refractivity contribution in [3.8, 4) is 0 Å². The van der Waals surface area contributed by atoms with Crippen molar-refractivity contribution in [3.63, 3.8) is 0 Å². The van der Waals surface area contributed by atoms with Crippen LogP contribution in [0.1, 0.15) is 84.5 Å². The molecular formula is C26H43N3O5. The number of rotatable bonds is 8. The van der Waals surface area contributed by atoms with Crippen LogP contribution >= 0.6 is 0 Å². The van der Waals surface area contributed by atoms with Gasteiger partial charge in [-0.3, -0.25) is 9.59 Å². The summed E-state index contributed by atoms with van der Waals surface area (Å²) in [5, 5.41) is 15.5. The van der Waals surface area contributed by atoms with Crippen LogP contribution in [0.25, 0.3) is 0 Å². The highest BCUT2D eigenvalue weighted by Gasteiger charge is 2.39. The Morgan fingerprint density at radius 3 is 2.15 bits per heavy atom. The fraction of sp³-hybridized carbons (Fsp3) is 0.654. The Hall–Kier alpha value is -2.61. The molecule has 3 amide bonds. The number of aliphatic hydroxyl groups is 1. The van der Waals surface area contributed by atoms with Crippen molar-refractivity contribution in [2.75, 3.05) is 6.61 Å². The van der Waals surface area contributed by atoms with Crippen molar-refractivity contribution in [2.24, 2.45) is 0 Å². The van der Waals surface area contributed by atoms with Crippen molar-refractivity contribution < 1.29 is 24.2 Å². The number of carbonyl (C=O) groups excluding carboxylic acids is 3. The van der Waals surface area contributed by atoms with Gasteiger partial charge in [0.2, 0.25) is 11.8 Å². The number of aliphatic hydroxyl groups excluding tert-OH is 1. The van der Waals surface area contributed by atoms with E-state index in [1.54, 1.807) is 20.8 Å². The van der Waals surface area contributed by atoms with E-state index in [9.17, 15) is 19.5 Å². The lowest BCUT2D eigenvalue weighted by atomic mass is 9.93. The zero-order valence-corrected chi connectivity index (χ0v) is 22.4. The van der Waals surface area contributed by atoms with E-state index in [1.165, 1.54) is 4.90 Å². The van der Waals surface area contributed by atoms with Crippen LogP contribution in [0.4, 0.5) is 4.79 Å². The average Bonchev–Trinajstić information content (AvgIpc) is 2.68. The summed E-state index contributed by atoms with van der Waals surface area (Å²) in [7, 11) is 0. The summed E-state index contributed by atoms with van der Waals surface area (Å²) < 4.78 is 5.27. The van der Waals surface area contributed by atoms with Gasteiger partial charge in [0.15, 0.2) is 0 Å². The number of hydrogen-bond donors (Lipinski definition) is 3. The van der Waals surface area contributed by atoms with E-state index in [-0.39, 0.29) is 11.9 Å². The number of alkyl carbamates (subject to hydrolysis) is 1. The topological polar surface area (TPSA) is 108 Å². The van der Waals surface area contributed by atoms with Crippen LogP contribution in [0.2, 0.25) is 0 Å². The van der Waals surface area contributed by atoms with Crippen molar-refractivity contribution in [3.05, 3.63) is 34.9 Å². The summed E-state index contributed by atoms with van der Waals surface area (Å²) in [6.07, 6.45) is -0.244. The van der Waals surface area contributed by atoms with Crippen LogP contribution in [-0.2, 0) is 14.3 Å². The molecule has 8 heteroatoms.